The average Bonchev–Trinajstić information content (AvgIpc) is 2.46. The molecule has 0 bridgehead atoms. The number of aromatic carboxylic acids is 1. The van der Waals surface area contributed by atoms with Gasteiger partial charge in [-0.15, -0.1) is 0 Å². The van der Waals surface area contributed by atoms with Gasteiger partial charge in [-0.3, -0.25) is 10.1 Å². The van der Waals surface area contributed by atoms with Crippen LogP contribution in [-0.4, -0.2) is 28.6 Å². The molecule has 116 valence electrons. The summed E-state index contributed by atoms with van der Waals surface area (Å²) in [7, 11) is 0. The van der Waals surface area contributed by atoms with E-state index in [0.29, 0.717) is 5.69 Å². The molecule has 0 heterocycles. The third-order valence-corrected chi connectivity index (χ3v) is 3.62. The van der Waals surface area contributed by atoms with Gasteiger partial charge in [0.05, 0.1) is 4.92 Å². The Morgan fingerprint density at radius 1 is 1.43 bits per heavy atom. The highest BCUT2D eigenvalue weighted by atomic mass is 16.6. The minimum Gasteiger partial charge on any atom is -0.477 e. The van der Waals surface area contributed by atoms with E-state index in [-0.39, 0.29) is 17.3 Å². The lowest BCUT2D eigenvalue weighted by Gasteiger charge is -2.30. The van der Waals surface area contributed by atoms with Gasteiger partial charge in [0.15, 0.2) is 0 Å². The molecule has 1 unspecified atom stereocenters. The Morgan fingerprint density at radius 2 is 2.10 bits per heavy atom. The zero-order valence-corrected chi connectivity index (χ0v) is 12.7. The van der Waals surface area contributed by atoms with E-state index >= 15 is 0 Å². The standard InChI is InChI=1S/C15H22N2O4/c1-4-6-9-16(11(3)5-2)12-7-8-13(15(18)19)14(10-12)17(20)21/h7-8,10-11H,4-6,9H2,1-3H3,(H,18,19). The van der Waals surface area contributed by atoms with Crippen molar-refractivity contribution >= 4 is 17.3 Å². The van der Waals surface area contributed by atoms with Crippen molar-refractivity contribution in [1.29, 1.82) is 0 Å². The van der Waals surface area contributed by atoms with E-state index in [0.717, 1.165) is 25.8 Å². The van der Waals surface area contributed by atoms with Crippen LogP contribution in [0.1, 0.15) is 50.4 Å². The molecule has 0 aliphatic carbocycles. The molecule has 21 heavy (non-hydrogen) atoms. The van der Waals surface area contributed by atoms with E-state index in [2.05, 4.69) is 25.7 Å². The van der Waals surface area contributed by atoms with Crippen LogP contribution in [0.5, 0.6) is 0 Å². The van der Waals surface area contributed by atoms with Crippen molar-refractivity contribution in [2.75, 3.05) is 11.4 Å². The maximum Gasteiger partial charge on any atom is 0.342 e. The molecule has 0 fully saturated rings. The number of carbonyl (C=O) groups is 1. The Labute approximate surface area is 124 Å². The zero-order valence-electron chi connectivity index (χ0n) is 12.7. The quantitative estimate of drug-likeness (QED) is 0.583. The number of nitro groups is 1. The number of rotatable bonds is 8. The Morgan fingerprint density at radius 3 is 2.57 bits per heavy atom. The summed E-state index contributed by atoms with van der Waals surface area (Å²) < 4.78 is 0. The SMILES string of the molecule is CCCCN(c1ccc(C(=O)O)c([N+](=O)[O-])c1)C(C)CC. The topological polar surface area (TPSA) is 83.7 Å². The number of unbranched alkanes of at least 4 members (excludes halogenated alkanes) is 1. The number of anilines is 1. The summed E-state index contributed by atoms with van der Waals surface area (Å²) in [5.41, 5.74) is 0.0719. The summed E-state index contributed by atoms with van der Waals surface area (Å²) >= 11 is 0. The van der Waals surface area contributed by atoms with E-state index < -0.39 is 10.9 Å². The van der Waals surface area contributed by atoms with Crippen molar-refractivity contribution in [2.45, 2.75) is 46.1 Å². The van der Waals surface area contributed by atoms with Gasteiger partial charge in [0.25, 0.3) is 5.69 Å². The van der Waals surface area contributed by atoms with Crippen LogP contribution in [-0.2, 0) is 0 Å². The monoisotopic (exact) mass is 294 g/mol. The molecule has 0 aromatic heterocycles. The average molecular weight is 294 g/mol. The summed E-state index contributed by atoms with van der Waals surface area (Å²) in [6.45, 7) is 7.01. The normalized spacial score (nSPS) is 12.0. The van der Waals surface area contributed by atoms with Crippen molar-refractivity contribution in [1.82, 2.24) is 0 Å². The molecule has 1 aromatic rings. The van der Waals surface area contributed by atoms with Crippen molar-refractivity contribution in [3.8, 4) is 0 Å². The number of nitro benzene ring substituents is 1. The van der Waals surface area contributed by atoms with Crippen LogP contribution in [0.4, 0.5) is 11.4 Å². The van der Waals surface area contributed by atoms with Gasteiger partial charge in [0.2, 0.25) is 0 Å². The summed E-state index contributed by atoms with van der Waals surface area (Å²) in [5.74, 6) is -1.28. The number of benzene rings is 1. The summed E-state index contributed by atoms with van der Waals surface area (Å²) in [4.78, 5) is 23.6. The fraction of sp³-hybridized carbons (Fsp3) is 0.533. The van der Waals surface area contributed by atoms with Crippen molar-refractivity contribution in [3.05, 3.63) is 33.9 Å². The van der Waals surface area contributed by atoms with Crippen molar-refractivity contribution in [2.24, 2.45) is 0 Å². The Bertz CT molecular complexity index is 516. The van der Waals surface area contributed by atoms with Crippen molar-refractivity contribution in [3.63, 3.8) is 0 Å². The molecule has 1 aromatic carbocycles. The van der Waals surface area contributed by atoms with Crippen LogP contribution in [0, 0.1) is 10.1 Å². The summed E-state index contributed by atoms with van der Waals surface area (Å²) in [6.07, 6.45) is 2.93. The lowest BCUT2D eigenvalue weighted by molar-refractivity contribution is -0.385. The van der Waals surface area contributed by atoms with Gasteiger partial charge in [-0.2, -0.15) is 0 Å². The minimum absolute atomic E-state index is 0.242. The molecule has 1 N–H and O–H groups in total. The van der Waals surface area contributed by atoms with E-state index in [9.17, 15) is 14.9 Å². The number of carboxylic acids is 1. The fourth-order valence-electron chi connectivity index (χ4n) is 2.18. The maximum absolute atomic E-state index is 11.1. The highest BCUT2D eigenvalue weighted by molar-refractivity contribution is 5.93. The van der Waals surface area contributed by atoms with E-state index in [1.54, 1.807) is 6.07 Å². The largest absolute Gasteiger partial charge is 0.477 e. The molecule has 0 amide bonds. The smallest absolute Gasteiger partial charge is 0.342 e. The predicted octanol–water partition coefficient (Wildman–Crippen LogP) is 3.70. The van der Waals surface area contributed by atoms with Gasteiger partial charge in [0, 0.05) is 24.3 Å². The van der Waals surface area contributed by atoms with Crippen molar-refractivity contribution < 1.29 is 14.8 Å². The molecular formula is C15H22N2O4. The molecule has 1 atom stereocenters. The molecule has 0 aliphatic heterocycles. The van der Waals surface area contributed by atoms with Gasteiger partial charge in [-0.25, -0.2) is 4.79 Å². The summed E-state index contributed by atoms with van der Waals surface area (Å²) in [5, 5.41) is 20.1. The molecule has 6 nitrogen and oxygen atoms in total. The molecule has 0 spiro atoms. The third kappa shape index (κ3) is 4.18. The second-order valence-corrected chi connectivity index (χ2v) is 5.07. The minimum atomic E-state index is -1.28. The van der Waals surface area contributed by atoms with Gasteiger partial charge >= 0.3 is 5.97 Å². The third-order valence-electron chi connectivity index (χ3n) is 3.62. The van der Waals surface area contributed by atoms with Crippen LogP contribution >= 0.6 is 0 Å². The molecule has 0 radical (unpaired) electrons. The Hall–Kier alpha value is -2.11. The number of hydrogen-bond acceptors (Lipinski definition) is 4. The molecule has 1 rings (SSSR count). The van der Waals surface area contributed by atoms with Crippen LogP contribution in [0.15, 0.2) is 18.2 Å². The second-order valence-electron chi connectivity index (χ2n) is 5.07. The first-order chi connectivity index (χ1) is 9.92. The predicted molar refractivity (Wildman–Crippen MR) is 82.1 cm³/mol. The molecular weight excluding hydrogens is 272 g/mol. The summed E-state index contributed by atoms with van der Waals surface area (Å²) in [6, 6.07) is 4.58. The fourth-order valence-corrected chi connectivity index (χ4v) is 2.18. The molecule has 0 aliphatic rings. The number of nitrogens with zero attached hydrogens (tertiary/aromatic N) is 2. The zero-order chi connectivity index (χ0) is 16.0. The van der Waals surface area contributed by atoms with Gasteiger partial charge in [-0.1, -0.05) is 20.3 Å². The highest BCUT2D eigenvalue weighted by Gasteiger charge is 2.22. The van der Waals surface area contributed by atoms with E-state index in [1.165, 1.54) is 12.1 Å². The lowest BCUT2D eigenvalue weighted by Crippen LogP contribution is -2.33. The first-order valence-corrected chi connectivity index (χ1v) is 7.20. The van der Waals surface area contributed by atoms with Gasteiger partial charge < -0.3 is 10.0 Å². The first kappa shape index (κ1) is 16.9. The number of hydrogen-bond donors (Lipinski definition) is 1. The van der Waals surface area contributed by atoms with Gasteiger partial charge in [0.1, 0.15) is 5.56 Å². The molecule has 0 saturated heterocycles. The van der Waals surface area contributed by atoms with Crippen LogP contribution in [0.25, 0.3) is 0 Å². The molecule has 6 heteroatoms. The Kier molecular flexibility index (Phi) is 6.14. The second kappa shape index (κ2) is 7.61. The highest BCUT2D eigenvalue weighted by Crippen LogP contribution is 2.27. The first-order valence-electron chi connectivity index (χ1n) is 7.20. The number of carboxylic acid groups (broad SMARTS) is 1. The lowest BCUT2D eigenvalue weighted by atomic mass is 10.1. The van der Waals surface area contributed by atoms with E-state index in [4.69, 9.17) is 5.11 Å². The molecule has 0 saturated carbocycles. The van der Waals surface area contributed by atoms with Gasteiger partial charge in [-0.05, 0) is 31.9 Å². The van der Waals surface area contributed by atoms with Crippen LogP contribution in [0.2, 0.25) is 0 Å². The van der Waals surface area contributed by atoms with Crippen LogP contribution < -0.4 is 4.90 Å². The van der Waals surface area contributed by atoms with Crippen LogP contribution in [0.3, 0.4) is 0 Å². The maximum atomic E-state index is 11.1. The Balaban J connectivity index is 3.23. The van der Waals surface area contributed by atoms with E-state index in [1.807, 2.05) is 0 Å².